The monoisotopic (exact) mass is 351 g/mol. The van der Waals surface area contributed by atoms with Gasteiger partial charge in [0.1, 0.15) is 5.57 Å². The molecule has 1 aromatic carbocycles. The predicted molar refractivity (Wildman–Crippen MR) is 97.3 cm³/mol. The van der Waals surface area contributed by atoms with Gasteiger partial charge in [-0.3, -0.25) is 24.8 Å². The highest BCUT2D eigenvalue weighted by molar-refractivity contribution is 6.29. The first kappa shape index (κ1) is 16.7. The van der Waals surface area contributed by atoms with E-state index in [1.807, 2.05) is 31.2 Å². The fourth-order valence-electron chi connectivity index (χ4n) is 4.08. The van der Waals surface area contributed by atoms with Gasteiger partial charge >= 0.3 is 6.03 Å². The lowest BCUT2D eigenvalue weighted by atomic mass is 9.91. The van der Waals surface area contributed by atoms with Crippen LogP contribution in [0.3, 0.4) is 0 Å². The highest BCUT2D eigenvalue weighted by Gasteiger charge is 2.41. The van der Waals surface area contributed by atoms with Crippen molar-refractivity contribution in [2.75, 3.05) is 0 Å². The molecule has 1 saturated heterocycles. The van der Waals surface area contributed by atoms with Crippen LogP contribution in [-0.2, 0) is 9.59 Å². The molecule has 4 amide bonds. The van der Waals surface area contributed by atoms with Gasteiger partial charge in [-0.2, -0.15) is 0 Å². The molecule has 2 fully saturated rings. The number of hydrogen-bond donors (Lipinski definition) is 1. The van der Waals surface area contributed by atoms with E-state index in [1.54, 1.807) is 6.08 Å². The Hall–Kier alpha value is -2.76. The lowest BCUT2D eigenvalue weighted by Gasteiger charge is -2.35. The number of fused-ring (bicyclic) bond motifs is 1. The predicted octanol–water partition coefficient (Wildman–Crippen LogP) is 3.21. The minimum atomic E-state index is -0.621. The van der Waals surface area contributed by atoms with Crippen LogP contribution in [0.15, 0.2) is 40.9 Å². The summed E-state index contributed by atoms with van der Waals surface area (Å²) in [6, 6.07) is 6.97. The summed E-state index contributed by atoms with van der Waals surface area (Å²) in [7, 11) is 0. The molecule has 6 heteroatoms. The highest BCUT2D eigenvalue weighted by Crippen LogP contribution is 2.37. The Morgan fingerprint density at radius 2 is 1.85 bits per heavy atom. The number of carbonyl (C=O) groups is 3. The smallest absolute Gasteiger partial charge is 0.273 e. The van der Waals surface area contributed by atoms with E-state index >= 15 is 0 Å². The van der Waals surface area contributed by atoms with Crippen molar-refractivity contribution in [1.82, 2.24) is 10.2 Å². The first-order valence-electron chi connectivity index (χ1n) is 9.11. The number of imide groups is 2. The number of nitrogens with one attached hydrogen (secondary N) is 1. The number of amides is 4. The maximum absolute atomic E-state index is 13.0. The average molecular weight is 351 g/mol. The number of aliphatic imine (C=N–C) groups is 1. The second kappa shape index (κ2) is 6.52. The van der Waals surface area contributed by atoms with E-state index < -0.39 is 17.8 Å². The maximum Gasteiger partial charge on any atom is 0.331 e. The lowest BCUT2D eigenvalue weighted by molar-refractivity contribution is -0.132. The Bertz CT molecular complexity index is 850. The molecule has 0 spiro atoms. The van der Waals surface area contributed by atoms with E-state index in [2.05, 4.69) is 10.3 Å². The van der Waals surface area contributed by atoms with E-state index in [9.17, 15) is 14.4 Å². The third-order valence-corrected chi connectivity index (χ3v) is 5.42. The molecule has 0 bridgehead atoms. The van der Waals surface area contributed by atoms with Crippen molar-refractivity contribution in [3.8, 4) is 0 Å². The van der Waals surface area contributed by atoms with Crippen molar-refractivity contribution in [2.45, 2.75) is 51.0 Å². The van der Waals surface area contributed by atoms with Crippen molar-refractivity contribution < 1.29 is 14.4 Å². The largest absolute Gasteiger partial charge is 0.331 e. The summed E-state index contributed by atoms with van der Waals surface area (Å²) < 4.78 is 0. The van der Waals surface area contributed by atoms with Gasteiger partial charge in [0.05, 0.1) is 5.69 Å². The van der Waals surface area contributed by atoms with E-state index in [0.29, 0.717) is 0 Å². The molecule has 134 valence electrons. The van der Waals surface area contributed by atoms with Crippen LogP contribution >= 0.6 is 0 Å². The normalized spacial score (nSPS) is 25.3. The maximum atomic E-state index is 13.0. The summed E-state index contributed by atoms with van der Waals surface area (Å²) >= 11 is 0. The number of allylic oxidation sites excluding steroid dienone is 1. The zero-order valence-corrected chi connectivity index (χ0v) is 14.7. The average Bonchev–Trinajstić information content (AvgIpc) is 2.94. The van der Waals surface area contributed by atoms with E-state index in [4.69, 9.17) is 0 Å². The third kappa shape index (κ3) is 2.75. The number of benzene rings is 1. The third-order valence-electron chi connectivity index (χ3n) is 5.42. The molecule has 4 rings (SSSR count). The number of urea groups is 1. The minimum absolute atomic E-state index is 0.0337. The summed E-state index contributed by atoms with van der Waals surface area (Å²) in [5.41, 5.74) is 2.70. The van der Waals surface area contributed by atoms with Crippen molar-refractivity contribution in [2.24, 2.45) is 4.99 Å². The Morgan fingerprint density at radius 3 is 2.62 bits per heavy atom. The molecule has 1 atom stereocenters. The number of rotatable bonds is 2. The second-order valence-corrected chi connectivity index (χ2v) is 7.10. The number of barbiturate groups is 1. The Kier molecular flexibility index (Phi) is 4.18. The lowest BCUT2D eigenvalue weighted by Crippen LogP contribution is -2.58. The van der Waals surface area contributed by atoms with Gasteiger partial charge in [-0.1, -0.05) is 43.5 Å². The van der Waals surface area contributed by atoms with Crippen molar-refractivity contribution in [3.05, 3.63) is 41.5 Å². The fraction of sp³-hybridized carbons (Fsp3) is 0.400. The van der Waals surface area contributed by atoms with Crippen LogP contribution in [0.4, 0.5) is 10.5 Å². The van der Waals surface area contributed by atoms with Crippen LogP contribution in [0.5, 0.6) is 0 Å². The van der Waals surface area contributed by atoms with Crippen LogP contribution in [0.1, 0.15) is 50.5 Å². The molecule has 1 aromatic rings. The molecular weight excluding hydrogens is 330 g/mol. The molecule has 26 heavy (non-hydrogen) atoms. The first-order valence-corrected chi connectivity index (χ1v) is 9.11. The van der Waals surface area contributed by atoms with Crippen LogP contribution < -0.4 is 5.32 Å². The molecule has 1 saturated carbocycles. The minimum Gasteiger partial charge on any atom is -0.273 e. The van der Waals surface area contributed by atoms with E-state index in [1.165, 1.54) is 4.90 Å². The number of para-hydroxylation sites is 1. The van der Waals surface area contributed by atoms with Gasteiger partial charge in [0, 0.05) is 17.7 Å². The van der Waals surface area contributed by atoms with Crippen LogP contribution in [0.2, 0.25) is 0 Å². The standard InChI is InChI=1S/C20H21N3O3/c1-12-15(14-9-5-6-10-17(14)21-12)11-16-18(24)22-20(26)23(19(16)25)13-7-3-2-4-8-13/h5-6,9-11,13,15H,2-4,7-8H2,1H3,(H,22,24,26)/b16-11+/t15-/m0/s1. The number of carbonyl (C=O) groups excluding carboxylic acids is 3. The van der Waals surface area contributed by atoms with Gasteiger partial charge in [0.2, 0.25) is 0 Å². The Balaban J connectivity index is 1.68. The van der Waals surface area contributed by atoms with Crippen molar-refractivity contribution >= 4 is 29.2 Å². The van der Waals surface area contributed by atoms with Crippen LogP contribution in [0, 0.1) is 0 Å². The molecular formula is C20H21N3O3. The summed E-state index contributed by atoms with van der Waals surface area (Å²) in [5, 5.41) is 2.34. The van der Waals surface area contributed by atoms with Crippen molar-refractivity contribution in [3.63, 3.8) is 0 Å². The van der Waals surface area contributed by atoms with Crippen LogP contribution in [-0.4, -0.2) is 34.5 Å². The molecule has 6 nitrogen and oxygen atoms in total. The van der Waals surface area contributed by atoms with Gasteiger partial charge < -0.3 is 0 Å². The van der Waals surface area contributed by atoms with Gasteiger partial charge in [-0.25, -0.2) is 4.79 Å². The first-order chi connectivity index (χ1) is 12.6. The van der Waals surface area contributed by atoms with Gasteiger partial charge in [-0.05, 0) is 31.4 Å². The molecule has 0 unspecified atom stereocenters. The molecule has 1 N–H and O–H groups in total. The summed E-state index contributed by atoms with van der Waals surface area (Å²) in [6.45, 7) is 1.89. The zero-order chi connectivity index (χ0) is 18.3. The molecule has 2 heterocycles. The van der Waals surface area contributed by atoms with Gasteiger partial charge in [-0.15, -0.1) is 0 Å². The topological polar surface area (TPSA) is 78.8 Å². The zero-order valence-electron chi connectivity index (χ0n) is 14.7. The quantitative estimate of drug-likeness (QED) is 0.656. The summed E-state index contributed by atoms with van der Waals surface area (Å²) in [5.74, 6) is -1.33. The number of nitrogens with zero attached hydrogens (tertiary/aromatic N) is 2. The second-order valence-electron chi connectivity index (χ2n) is 7.10. The highest BCUT2D eigenvalue weighted by atomic mass is 16.2. The summed E-state index contributed by atoms with van der Waals surface area (Å²) in [6.07, 6.45) is 6.37. The summed E-state index contributed by atoms with van der Waals surface area (Å²) in [4.78, 5) is 43.4. The van der Waals surface area contributed by atoms with Crippen molar-refractivity contribution in [1.29, 1.82) is 0 Å². The molecule has 0 radical (unpaired) electrons. The van der Waals surface area contributed by atoms with Gasteiger partial charge in [0.15, 0.2) is 0 Å². The fourth-order valence-corrected chi connectivity index (χ4v) is 4.08. The van der Waals surface area contributed by atoms with Gasteiger partial charge in [0.25, 0.3) is 11.8 Å². The molecule has 0 aromatic heterocycles. The molecule has 3 aliphatic rings. The van der Waals surface area contributed by atoms with E-state index in [0.717, 1.165) is 49.1 Å². The van der Waals surface area contributed by atoms with Crippen LogP contribution in [0.25, 0.3) is 0 Å². The Morgan fingerprint density at radius 1 is 1.12 bits per heavy atom. The SMILES string of the molecule is CC1=Nc2ccccc2[C@H]1/C=C1\C(=O)NC(=O)N(C2CCCCC2)C1=O. The van der Waals surface area contributed by atoms with E-state index in [-0.39, 0.29) is 17.5 Å². The molecule has 1 aliphatic carbocycles. The molecule has 2 aliphatic heterocycles. The Labute approximate surface area is 152 Å². The number of hydrogen-bond acceptors (Lipinski definition) is 4.